The molecule has 0 unspecified atom stereocenters. The minimum atomic E-state index is -3.73. The molecule has 0 fully saturated rings. The molecule has 8 heteroatoms. The van der Waals surface area contributed by atoms with Crippen molar-refractivity contribution < 1.29 is 13.2 Å². The Kier molecular flexibility index (Phi) is 6.64. The Morgan fingerprint density at radius 2 is 1.93 bits per heavy atom. The van der Waals surface area contributed by atoms with Crippen molar-refractivity contribution in [1.29, 1.82) is 0 Å². The van der Waals surface area contributed by atoms with Gasteiger partial charge in [-0.1, -0.05) is 35.9 Å². The van der Waals surface area contributed by atoms with E-state index < -0.39 is 10.0 Å². The predicted molar refractivity (Wildman–Crippen MR) is 115 cm³/mol. The van der Waals surface area contributed by atoms with E-state index >= 15 is 0 Å². The van der Waals surface area contributed by atoms with Gasteiger partial charge >= 0.3 is 0 Å². The van der Waals surface area contributed by atoms with Crippen LogP contribution in [0, 0.1) is 0 Å². The molecule has 3 aromatic rings. The molecule has 6 nitrogen and oxygen atoms in total. The molecule has 1 aromatic heterocycles. The molecule has 0 atom stereocenters. The van der Waals surface area contributed by atoms with E-state index in [1.807, 2.05) is 18.2 Å². The SMILES string of the molecule is CC(=Cc1ccc(Cl)cc1)N(C=O)CCNS(=O)(=O)c1cccc2cnccc12. The van der Waals surface area contributed by atoms with Crippen molar-refractivity contribution in [3.8, 4) is 0 Å². The van der Waals surface area contributed by atoms with Crippen LogP contribution in [0.25, 0.3) is 16.8 Å². The Bertz CT molecular complexity index is 1140. The first-order valence-corrected chi connectivity index (χ1v) is 10.7. The maximum Gasteiger partial charge on any atom is 0.241 e. The topological polar surface area (TPSA) is 79.4 Å². The van der Waals surface area contributed by atoms with Gasteiger partial charge in [-0.3, -0.25) is 9.78 Å². The highest BCUT2D eigenvalue weighted by atomic mass is 35.5. The maximum atomic E-state index is 12.7. The predicted octanol–water partition coefficient (Wildman–Crippen LogP) is 3.69. The van der Waals surface area contributed by atoms with Crippen LogP contribution in [0.15, 0.2) is 71.5 Å². The van der Waals surface area contributed by atoms with Gasteiger partial charge < -0.3 is 4.90 Å². The molecular formula is C21H20ClN3O3S. The fraction of sp³-hybridized carbons (Fsp3) is 0.143. The van der Waals surface area contributed by atoms with Gasteiger partial charge in [0.15, 0.2) is 0 Å². The van der Waals surface area contributed by atoms with Crippen LogP contribution in [0.1, 0.15) is 12.5 Å². The number of halogens is 1. The maximum absolute atomic E-state index is 12.7. The molecule has 0 aliphatic heterocycles. The van der Waals surface area contributed by atoms with Crippen LogP contribution in [-0.4, -0.2) is 37.8 Å². The van der Waals surface area contributed by atoms with Gasteiger partial charge in [-0.05, 0) is 42.8 Å². The van der Waals surface area contributed by atoms with Crippen molar-refractivity contribution in [2.24, 2.45) is 0 Å². The molecule has 0 radical (unpaired) electrons. The highest BCUT2D eigenvalue weighted by Crippen LogP contribution is 2.21. The summed E-state index contributed by atoms with van der Waals surface area (Å²) in [6.07, 6.45) is 5.68. The van der Waals surface area contributed by atoms with Gasteiger partial charge in [-0.25, -0.2) is 13.1 Å². The minimum Gasteiger partial charge on any atom is -0.318 e. The molecule has 29 heavy (non-hydrogen) atoms. The second-order valence-electron chi connectivity index (χ2n) is 6.39. The second kappa shape index (κ2) is 9.17. The van der Waals surface area contributed by atoms with Gasteiger partial charge in [-0.2, -0.15) is 0 Å². The number of amides is 1. The number of sulfonamides is 1. The number of rotatable bonds is 8. The van der Waals surface area contributed by atoms with Crippen LogP contribution in [0.4, 0.5) is 0 Å². The van der Waals surface area contributed by atoms with E-state index in [2.05, 4.69) is 9.71 Å². The molecule has 0 saturated carbocycles. The van der Waals surface area contributed by atoms with Crippen molar-refractivity contribution in [1.82, 2.24) is 14.6 Å². The Balaban J connectivity index is 1.69. The van der Waals surface area contributed by atoms with Gasteiger partial charge in [0.05, 0.1) is 4.90 Å². The highest BCUT2D eigenvalue weighted by Gasteiger charge is 2.17. The molecule has 3 rings (SSSR count). The number of nitrogens with zero attached hydrogens (tertiary/aromatic N) is 2. The van der Waals surface area contributed by atoms with Crippen molar-refractivity contribution in [3.05, 3.63) is 77.2 Å². The Hall–Kier alpha value is -2.74. The summed E-state index contributed by atoms with van der Waals surface area (Å²) >= 11 is 5.88. The van der Waals surface area contributed by atoms with Crippen LogP contribution in [-0.2, 0) is 14.8 Å². The molecule has 0 aliphatic carbocycles. The third kappa shape index (κ3) is 5.20. The number of hydrogen-bond acceptors (Lipinski definition) is 4. The average Bonchev–Trinajstić information content (AvgIpc) is 2.72. The van der Waals surface area contributed by atoms with E-state index in [0.717, 1.165) is 10.9 Å². The largest absolute Gasteiger partial charge is 0.318 e. The summed E-state index contributed by atoms with van der Waals surface area (Å²) in [4.78, 5) is 17.1. The zero-order chi connectivity index (χ0) is 20.9. The second-order valence-corrected chi connectivity index (χ2v) is 8.56. The lowest BCUT2D eigenvalue weighted by Crippen LogP contribution is -2.33. The third-order valence-corrected chi connectivity index (χ3v) is 6.17. The zero-order valence-electron chi connectivity index (χ0n) is 15.7. The molecule has 0 aliphatic rings. The fourth-order valence-corrected chi connectivity index (χ4v) is 4.28. The molecular weight excluding hydrogens is 410 g/mol. The van der Waals surface area contributed by atoms with Gasteiger partial charge in [-0.15, -0.1) is 0 Å². The monoisotopic (exact) mass is 429 g/mol. The van der Waals surface area contributed by atoms with Gasteiger partial charge in [0, 0.05) is 47.0 Å². The van der Waals surface area contributed by atoms with E-state index in [4.69, 9.17) is 11.6 Å². The van der Waals surface area contributed by atoms with E-state index in [1.165, 1.54) is 4.90 Å². The van der Waals surface area contributed by atoms with Crippen LogP contribution in [0.5, 0.6) is 0 Å². The van der Waals surface area contributed by atoms with E-state index in [9.17, 15) is 13.2 Å². The summed E-state index contributed by atoms with van der Waals surface area (Å²) in [6, 6.07) is 13.9. The normalized spacial score (nSPS) is 12.1. The lowest BCUT2D eigenvalue weighted by molar-refractivity contribution is -0.116. The summed E-state index contributed by atoms with van der Waals surface area (Å²) in [5.74, 6) is 0. The van der Waals surface area contributed by atoms with Crippen molar-refractivity contribution in [2.75, 3.05) is 13.1 Å². The summed E-state index contributed by atoms with van der Waals surface area (Å²) in [6.45, 7) is 2.06. The molecule has 1 amide bonds. The Morgan fingerprint density at radius 1 is 1.17 bits per heavy atom. The number of carbonyl (C=O) groups is 1. The summed E-state index contributed by atoms with van der Waals surface area (Å²) in [7, 11) is -3.73. The van der Waals surface area contributed by atoms with Crippen LogP contribution < -0.4 is 4.72 Å². The first-order chi connectivity index (χ1) is 13.9. The zero-order valence-corrected chi connectivity index (χ0v) is 17.3. The molecule has 0 saturated heterocycles. The average molecular weight is 430 g/mol. The van der Waals surface area contributed by atoms with E-state index in [0.29, 0.717) is 22.5 Å². The first-order valence-electron chi connectivity index (χ1n) is 8.89. The third-order valence-electron chi connectivity index (χ3n) is 4.40. The number of nitrogens with one attached hydrogen (secondary N) is 1. The molecule has 0 spiro atoms. The highest BCUT2D eigenvalue weighted by molar-refractivity contribution is 7.89. The smallest absolute Gasteiger partial charge is 0.241 e. The number of carbonyl (C=O) groups excluding carboxylic acids is 1. The number of pyridine rings is 1. The summed E-state index contributed by atoms with van der Waals surface area (Å²) in [5.41, 5.74) is 1.58. The molecule has 2 aromatic carbocycles. The number of allylic oxidation sites excluding steroid dienone is 1. The Morgan fingerprint density at radius 3 is 2.66 bits per heavy atom. The summed E-state index contributed by atoms with van der Waals surface area (Å²) < 4.78 is 28.1. The molecule has 1 heterocycles. The number of fused-ring (bicyclic) bond motifs is 1. The lowest BCUT2D eigenvalue weighted by Gasteiger charge is -2.18. The van der Waals surface area contributed by atoms with Gasteiger partial charge in [0.25, 0.3) is 0 Å². The fourth-order valence-electron chi connectivity index (χ4n) is 2.90. The van der Waals surface area contributed by atoms with Crippen molar-refractivity contribution >= 4 is 44.9 Å². The number of benzene rings is 2. The van der Waals surface area contributed by atoms with Gasteiger partial charge in [0.2, 0.25) is 16.4 Å². The molecule has 0 bridgehead atoms. The number of hydrogen-bond donors (Lipinski definition) is 1. The van der Waals surface area contributed by atoms with Crippen molar-refractivity contribution in [3.63, 3.8) is 0 Å². The summed E-state index contributed by atoms with van der Waals surface area (Å²) in [5, 5.41) is 1.97. The minimum absolute atomic E-state index is 0.0777. The first kappa shape index (κ1) is 21.0. The van der Waals surface area contributed by atoms with E-state index in [-0.39, 0.29) is 18.0 Å². The standard InChI is InChI=1S/C21H20ClN3O3S/c1-16(13-17-5-7-19(22)8-6-17)25(15-26)12-11-24-29(27,28)21-4-2-3-18-14-23-10-9-20(18)21/h2-10,13-15,24H,11-12H2,1H3. The molecule has 1 N–H and O–H groups in total. The van der Waals surface area contributed by atoms with Crippen LogP contribution in [0.3, 0.4) is 0 Å². The number of aromatic nitrogens is 1. The molecule has 150 valence electrons. The van der Waals surface area contributed by atoms with Crippen LogP contribution in [0.2, 0.25) is 5.02 Å². The van der Waals surface area contributed by atoms with Gasteiger partial charge in [0.1, 0.15) is 0 Å². The quantitative estimate of drug-likeness (QED) is 0.554. The van der Waals surface area contributed by atoms with Crippen LogP contribution >= 0.6 is 11.6 Å². The van der Waals surface area contributed by atoms with E-state index in [1.54, 1.807) is 55.7 Å². The van der Waals surface area contributed by atoms with Crippen molar-refractivity contribution in [2.45, 2.75) is 11.8 Å². The Labute approximate surface area is 174 Å². The lowest BCUT2D eigenvalue weighted by atomic mass is 10.2.